The third kappa shape index (κ3) is 8.79. The van der Waals surface area contributed by atoms with Crippen LogP contribution in [0.3, 0.4) is 0 Å². The molecule has 8 heteroatoms. The largest absolute Gasteiger partial charge is 0.456 e. The first-order chi connectivity index (χ1) is 11.4. The molecule has 3 amide bonds. The van der Waals surface area contributed by atoms with Gasteiger partial charge in [0.25, 0.3) is 5.91 Å². The van der Waals surface area contributed by atoms with Gasteiger partial charge < -0.3 is 10.1 Å². The van der Waals surface area contributed by atoms with Gasteiger partial charge in [-0.1, -0.05) is 18.5 Å². The molecule has 6 nitrogen and oxygen atoms in total. The van der Waals surface area contributed by atoms with Gasteiger partial charge in [-0.25, -0.2) is 4.79 Å². The SMILES string of the molecule is CC[C@@H](C)NC(=O)NC(=O)COC(=O)CCSc1ccc(Cl)cc1. The van der Waals surface area contributed by atoms with E-state index in [2.05, 4.69) is 10.6 Å². The summed E-state index contributed by atoms with van der Waals surface area (Å²) in [5.74, 6) is -0.625. The molecule has 1 aromatic carbocycles. The molecule has 1 aromatic rings. The van der Waals surface area contributed by atoms with Crippen LogP contribution >= 0.6 is 23.4 Å². The van der Waals surface area contributed by atoms with Crippen molar-refractivity contribution < 1.29 is 19.1 Å². The molecule has 0 saturated carbocycles. The quantitative estimate of drug-likeness (QED) is 0.541. The van der Waals surface area contributed by atoms with Crippen LogP contribution in [0.1, 0.15) is 26.7 Å². The van der Waals surface area contributed by atoms with Gasteiger partial charge in [-0.15, -0.1) is 11.8 Å². The van der Waals surface area contributed by atoms with E-state index in [1.807, 2.05) is 26.0 Å². The number of carbonyl (C=O) groups excluding carboxylic acids is 3. The maximum absolute atomic E-state index is 11.6. The maximum Gasteiger partial charge on any atom is 0.321 e. The lowest BCUT2D eigenvalue weighted by Gasteiger charge is -2.11. The number of nitrogens with one attached hydrogen (secondary N) is 2. The van der Waals surface area contributed by atoms with Crippen molar-refractivity contribution >= 4 is 41.3 Å². The Morgan fingerprint density at radius 2 is 1.92 bits per heavy atom. The Hall–Kier alpha value is -1.73. The first-order valence-corrected chi connectivity index (χ1v) is 8.91. The van der Waals surface area contributed by atoms with Crippen molar-refractivity contribution in [1.29, 1.82) is 0 Å². The maximum atomic E-state index is 11.6. The zero-order valence-corrected chi connectivity index (χ0v) is 15.2. The number of amides is 3. The van der Waals surface area contributed by atoms with E-state index in [0.29, 0.717) is 10.8 Å². The van der Waals surface area contributed by atoms with Gasteiger partial charge in [-0.2, -0.15) is 0 Å². The average Bonchev–Trinajstić information content (AvgIpc) is 2.54. The lowest BCUT2D eigenvalue weighted by Crippen LogP contribution is -2.44. The smallest absolute Gasteiger partial charge is 0.321 e. The number of hydrogen-bond donors (Lipinski definition) is 2. The Morgan fingerprint density at radius 1 is 1.25 bits per heavy atom. The van der Waals surface area contributed by atoms with Crippen LogP contribution in [0.5, 0.6) is 0 Å². The number of ether oxygens (including phenoxy) is 1. The van der Waals surface area contributed by atoms with Gasteiger partial charge in [0.2, 0.25) is 0 Å². The van der Waals surface area contributed by atoms with Crippen LogP contribution in [0.4, 0.5) is 4.79 Å². The fraction of sp³-hybridized carbons (Fsp3) is 0.438. The third-order valence-electron chi connectivity index (χ3n) is 3.00. The average molecular weight is 373 g/mol. The highest BCUT2D eigenvalue weighted by Gasteiger charge is 2.12. The summed E-state index contributed by atoms with van der Waals surface area (Å²) in [4.78, 5) is 35.5. The van der Waals surface area contributed by atoms with Crippen LogP contribution in [0, 0.1) is 0 Å². The van der Waals surface area contributed by atoms with E-state index in [4.69, 9.17) is 16.3 Å². The molecule has 0 aromatic heterocycles. The minimum absolute atomic E-state index is 0.0368. The Morgan fingerprint density at radius 3 is 2.54 bits per heavy atom. The van der Waals surface area contributed by atoms with Gasteiger partial charge in [0, 0.05) is 21.7 Å². The Labute approximate surface area is 150 Å². The van der Waals surface area contributed by atoms with E-state index >= 15 is 0 Å². The van der Waals surface area contributed by atoms with Crippen molar-refractivity contribution in [3.05, 3.63) is 29.3 Å². The second-order valence-corrected chi connectivity index (χ2v) is 6.65. The fourth-order valence-electron chi connectivity index (χ4n) is 1.53. The van der Waals surface area contributed by atoms with Crippen molar-refractivity contribution in [2.75, 3.05) is 12.4 Å². The third-order valence-corrected chi connectivity index (χ3v) is 4.26. The van der Waals surface area contributed by atoms with Crippen molar-refractivity contribution in [3.63, 3.8) is 0 Å². The number of hydrogen-bond acceptors (Lipinski definition) is 5. The minimum Gasteiger partial charge on any atom is -0.456 e. The summed E-state index contributed by atoms with van der Waals surface area (Å²) >= 11 is 7.28. The number of benzene rings is 1. The Balaban J connectivity index is 2.17. The van der Waals surface area contributed by atoms with Crippen LogP contribution in [0.2, 0.25) is 5.02 Å². The first-order valence-electron chi connectivity index (χ1n) is 7.55. The van der Waals surface area contributed by atoms with Crippen LogP contribution in [-0.2, 0) is 14.3 Å². The van der Waals surface area contributed by atoms with Crippen molar-refractivity contribution in [2.45, 2.75) is 37.6 Å². The summed E-state index contributed by atoms with van der Waals surface area (Å²) < 4.78 is 4.83. The van der Waals surface area contributed by atoms with Crippen LogP contribution in [-0.4, -0.2) is 36.3 Å². The molecular formula is C16H21ClN2O4S. The molecule has 2 N–H and O–H groups in total. The molecule has 0 bridgehead atoms. The van der Waals surface area contributed by atoms with E-state index in [-0.39, 0.29) is 12.5 Å². The predicted octanol–water partition coefficient (Wildman–Crippen LogP) is 2.99. The monoisotopic (exact) mass is 372 g/mol. The number of urea groups is 1. The molecule has 0 aliphatic carbocycles. The zero-order valence-electron chi connectivity index (χ0n) is 13.6. The van der Waals surface area contributed by atoms with Gasteiger partial charge >= 0.3 is 12.0 Å². The molecule has 0 unspecified atom stereocenters. The van der Waals surface area contributed by atoms with Gasteiger partial charge in [-0.05, 0) is 37.6 Å². The second kappa shape index (κ2) is 10.9. The molecule has 0 radical (unpaired) electrons. The van der Waals surface area contributed by atoms with Gasteiger partial charge in [0.15, 0.2) is 6.61 Å². The van der Waals surface area contributed by atoms with Crippen molar-refractivity contribution in [1.82, 2.24) is 10.6 Å². The standard InChI is InChI=1S/C16H21ClN2O4S/c1-3-11(2)18-16(22)19-14(20)10-23-15(21)8-9-24-13-6-4-12(17)5-7-13/h4-7,11H,3,8-10H2,1-2H3,(H2,18,19,20,22)/t11-/m1/s1. The molecule has 24 heavy (non-hydrogen) atoms. The van der Waals surface area contributed by atoms with E-state index < -0.39 is 24.5 Å². The molecule has 0 saturated heterocycles. The second-order valence-electron chi connectivity index (χ2n) is 5.04. The van der Waals surface area contributed by atoms with Crippen LogP contribution in [0.15, 0.2) is 29.2 Å². The molecule has 1 atom stereocenters. The van der Waals surface area contributed by atoms with Gasteiger partial charge in [-0.3, -0.25) is 14.9 Å². The van der Waals surface area contributed by atoms with Crippen molar-refractivity contribution in [3.8, 4) is 0 Å². The van der Waals surface area contributed by atoms with E-state index in [0.717, 1.165) is 11.3 Å². The number of imide groups is 1. The van der Waals surface area contributed by atoms with Gasteiger partial charge in [0.1, 0.15) is 0 Å². The highest BCUT2D eigenvalue weighted by atomic mass is 35.5. The van der Waals surface area contributed by atoms with Crippen LogP contribution < -0.4 is 10.6 Å². The van der Waals surface area contributed by atoms with Gasteiger partial charge in [0.05, 0.1) is 6.42 Å². The molecular weight excluding hydrogens is 352 g/mol. The summed E-state index contributed by atoms with van der Waals surface area (Å²) in [6.45, 7) is 3.26. The van der Waals surface area contributed by atoms with Crippen molar-refractivity contribution in [2.24, 2.45) is 0 Å². The number of halogens is 1. The molecule has 0 fully saturated rings. The number of esters is 1. The zero-order chi connectivity index (χ0) is 17.9. The Bertz CT molecular complexity index is 566. The summed E-state index contributed by atoms with van der Waals surface area (Å²) in [5.41, 5.74) is 0. The number of thioether (sulfide) groups is 1. The summed E-state index contributed by atoms with van der Waals surface area (Å²) in [6, 6.07) is 6.64. The molecule has 132 valence electrons. The van der Waals surface area contributed by atoms with Crippen LogP contribution in [0.25, 0.3) is 0 Å². The summed E-state index contributed by atoms with van der Waals surface area (Å²) in [7, 11) is 0. The fourth-order valence-corrected chi connectivity index (χ4v) is 2.48. The first kappa shape index (κ1) is 20.3. The number of carbonyl (C=O) groups is 3. The van der Waals surface area contributed by atoms with E-state index in [1.54, 1.807) is 12.1 Å². The molecule has 0 heterocycles. The molecule has 0 spiro atoms. The van der Waals surface area contributed by atoms with E-state index in [1.165, 1.54) is 11.8 Å². The normalized spacial score (nSPS) is 11.5. The summed E-state index contributed by atoms with van der Waals surface area (Å²) in [5, 5.41) is 5.34. The predicted molar refractivity (Wildman–Crippen MR) is 94.2 cm³/mol. The number of rotatable bonds is 8. The molecule has 0 aliphatic heterocycles. The minimum atomic E-state index is -0.658. The Kier molecular flexibility index (Phi) is 9.26. The molecule has 0 aliphatic rings. The lowest BCUT2D eigenvalue weighted by molar-refractivity contribution is -0.147. The van der Waals surface area contributed by atoms with E-state index in [9.17, 15) is 14.4 Å². The highest BCUT2D eigenvalue weighted by Crippen LogP contribution is 2.20. The topological polar surface area (TPSA) is 84.5 Å². The summed E-state index contributed by atoms with van der Waals surface area (Å²) in [6.07, 6.45) is 0.918. The molecule has 1 rings (SSSR count). The highest BCUT2D eigenvalue weighted by molar-refractivity contribution is 7.99. The lowest BCUT2D eigenvalue weighted by atomic mass is 10.3.